The number of carbonyl (C=O) groups excluding carboxylic acids is 1. The third-order valence-electron chi connectivity index (χ3n) is 5.77. The van der Waals surface area contributed by atoms with Gasteiger partial charge in [0.2, 0.25) is 5.27 Å². The molecule has 3 aromatic rings. The summed E-state index contributed by atoms with van der Waals surface area (Å²) in [5.41, 5.74) is 9.50. The Morgan fingerprint density at radius 3 is 2.83 bits per heavy atom. The van der Waals surface area contributed by atoms with Crippen LogP contribution >= 0.6 is 11.3 Å². The van der Waals surface area contributed by atoms with Crippen LogP contribution in [0, 0.1) is 11.3 Å². The van der Waals surface area contributed by atoms with Crippen LogP contribution in [0.2, 0.25) is 0 Å². The molecule has 0 saturated carbocycles. The van der Waals surface area contributed by atoms with Crippen molar-refractivity contribution in [2.45, 2.75) is 59.9 Å². The highest BCUT2D eigenvalue weighted by atomic mass is 32.1. The highest BCUT2D eigenvalue weighted by molar-refractivity contribution is 7.21. The SMILES string of the molecule is CC(C)[n+]1cc(NC(=O)c2sc3nc4c(cc3c2N)CC(C(C)(C)C)CC4)on1. The fourth-order valence-corrected chi connectivity index (χ4v) is 4.82. The molecule has 29 heavy (non-hydrogen) atoms. The molecule has 8 heteroatoms. The molecule has 3 heterocycles. The Balaban J connectivity index is 1.63. The van der Waals surface area contributed by atoms with Gasteiger partial charge in [0.05, 0.1) is 5.69 Å². The maximum absolute atomic E-state index is 12.8. The Hall–Kier alpha value is -2.48. The van der Waals surface area contributed by atoms with Crippen LogP contribution < -0.4 is 15.7 Å². The van der Waals surface area contributed by atoms with Gasteiger partial charge in [-0.05, 0) is 60.8 Å². The van der Waals surface area contributed by atoms with Crippen molar-refractivity contribution in [2.75, 3.05) is 11.1 Å². The second-order valence-electron chi connectivity index (χ2n) is 9.19. The molecule has 1 aliphatic carbocycles. The Kier molecular flexibility index (Phi) is 4.85. The third kappa shape index (κ3) is 3.73. The summed E-state index contributed by atoms with van der Waals surface area (Å²) in [6, 6.07) is 2.28. The van der Waals surface area contributed by atoms with Gasteiger partial charge in [-0.2, -0.15) is 0 Å². The molecule has 0 aliphatic heterocycles. The van der Waals surface area contributed by atoms with Gasteiger partial charge in [0.1, 0.15) is 9.71 Å². The van der Waals surface area contributed by atoms with Crippen molar-refractivity contribution in [2.24, 2.45) is 11.3 Å². The molecule has 7 nitrogen and oxygen atoms in total. The lowest BCUT2D eigenvalue weighted by Crippen LogP contribution is -2.36. The molecule has 0 radical (unpaired) electrons. The van der Waals surface area contributed by atoms with Crippen molar-refractivity contribution in [1.29, 1.82) is 0 Å². The van der Waals surface area contributed by atoms with E-state index in [4.69, 9.17) is 15.2 Å². The molecule has 154 valence electrons. The van der Waals surface area contributed by atoms with E-state index in [9.17, 15) is 4.79 Å². The normalized spacial score (nSPS) is 17.0. The zero-order valence-electron chi connectivity index (χ0n) is 17.6. The van der Waals surface area contributed by atoms with Gasteiger partial charge in [-0.1, -0.05) is 20.8 Å². The van der Waals surface area contributed by atoms with E-state index in [1.165, 1.54) is 16.9 Å². The van der Waals surface area contributed by atoms with Crippen LogP contribution in [-0.2, 0) is 12.8 Å². The van der Waals surface area contributed by atoms with Gasteiger partial charge in [0.25, 0.3) is 12.1 Å². The maximum atomic E-state index is 12.8. The van der Waals surface area contributed by atoms with Crippen LogP contribution in [0.1, 0.15) is 68.0 Å². The van der Waals surface area contributed by atoms with Gasteiger partial charge >= 0.3 is 5.88 Å². The summed E-state index contributed by atoms with van der Waals surface area (Å²) in [6.45, 7) is 10.8. The second kappa shape index (κ2) is 7.09. The second-order valence-corrected chi connectivity index (χ2v) is 10.2. The topological polar surface area (TPSA) is 97.9 Å². The number of nitrogen functional groups attached to an aromatic ring is 1. The minimum Gasteiger partial charge on any atom is -0.397 e. The first-order chi connectivity index (χ1) is 13.6. The molecule has 0 aromatic carbocycles. The Morgan fingerprint density at radius 2 is 2.17 bits per heavy atom. The van der Waals surface area contributed by atoms with Crippen molar-refractivity contribution in [3.63, 3.8) is 0 Å². The van der Waals surface area contributed by atoms with E-state index in [-0.39, 0.29) is 17.4 Å². The Morgan fingerprint density at radius 1 is 1.41 bits per heavy atom. The van der Waals surface area contributed by atoms with E-state index >= 15 is 0 Å². The predicted octanol–water partition coefficient (Wildman–Crippen LogP) is 4.14. The largest absolute Gasteiger partial charge is 0.397 e. The lowest BCUT2D eigenvalue weighted by molar-refractivity contribution is -0.779. The number of nitrogens with two attached hydrogens (primary N) is 1. The van der Waals surface area contributed by atoms with Crippen LogP contribution in [0.25, 0.3) is 10.2 Å². The fraction of sp³-hybridized carbons (Fsp3) is 0.524. The molecule has 1 amide bonds. The number of rotatable bonds is 3. The molecule has 1 aliphatic rings. The molecule has 0 bridgehead atoms. The van der Waals surface area contributed by atoms with E-state index in [1.807, 2.05) is 13.8 Å². The number of fused-ring (bicyclic) bond motifs is 2. The first-order valence-electron chi connectivity index (χ1n) is 10.0. The lowest BCUT2D eigenvalue weighted by Gasteiger charge is -2.34. The molecule has 3 aromatic heterocycles. The highest BCUT2D eigenvalue weighted by Crippen LogP contribution is 2.40. The lowest BCUT2D eigenvalue weighted by atomic mass is 9.71. The summed E-state index contributed by atoms with van der Waals surface area (Å²) < 4.78 is 6.83. The Labute approximate surface area is 174 Å². The van der Waals surface area contributed by atoms with Gasteiger partial charge in [0.15, 0.2) is 6.04 Å². The summed E-state index contributed by atoms with van der Waals surface area (Å²) in [5, 5.41) is 7.50. The first-order valence-corrected chi connectivity index (χ1v) is 10.9. The number of hydrogen-bond acceptors (Lipinski definition) is 6. The van der Waals surface area contributed by atoms with E-state index < -0.39 is 0 Å². The Bertz CT molecular complexity index is 1080. The summed E-state index contributed by atoms with van der Waals surface area (Å²) in [6.07, 6.45) is 4.78. The van der Waals surface area contributed by atoms with Gasteiger partial charge in [-0.25, -0.2) is 4.98 Å². The number of pyridine rings is 1. The van der Waals surface area contributed by atoms with Gasteiger partial charge in [-0.15, -0.1) is 11.3 Å². The number of anilines is 2. The quantitative estimate of drug-likeness (QED) is 0.628. The molecule has 1 unspecified atom stereocenters. The molecule has 4 rings (SSSR count). The predicted molar refractivity (Wildman–Crippen MR) is 114 cm³/mol. The summed E-state index contributed by atoms with van der Waals surface area (Å²) >= 11 is 1.33. The minimum atomic E-state index is -0.303. The van der Waals surface area contributed by atoms with E-state index in [0.29, 0.717) is 22.4 Å². The number of nitrogens with one attached hydrogen (secondary N) is 1. The van der Waals surface area contributed by atoms with Crippen molar-refractivity contribution in [3.05, 3.63) is 28.4 Å². The van der Waals surface area contributed by atoms with Gasteiger partial charge in [0, 0.05) is 11.1 Å². The summed E-state index contributed by atoms with van der Waals surface area (Å²) in [4.78, 5) is 18.9. The highest BCUT2D eigenvalue weighted by Gasteiger charge is 2.30. The fourth-order valence-electron chi connectivity index (χ4n) is 3.82. The van der Waals surface area contributed by atoms with E-state index in [2.05, 4.69) is 37.4 Å². The number of aryl methyl sites for hydroxylation is 1. The molecular formula is C21H28N5O2S+. The standard InChI is InChI=1S/C21H27N5O2S/c1-11(2)26-10-16(28-25-26)24-19(27)18-17(22)14-9-12-8-13(21(3,4)5)6-7-15(12)23-20(14)29-18/h9-11,13H,6-8H2,1-5H3,(H2-,22,24,25,27)/p+1. The van der Waals surface area contributed by atoms with Crippen molar-refractivity contribution < 1.29 is 14.0 Å². The summed E-state index contributed by atoms with van der Waals surface area (Å²) in [7, 11) is 0. The zero-order chi connectivity index (χ0) is 20.9. The van der Waals surface area contributed by atoms with Crippen molar-refractivity contribution in [3.8, 4) is 0 Å². The number of carbonyl (C=O) groups is 1. The smallest absolute Gasteiger partial charge is 0.302 e. The van der Waals surface area contributed by atoms with E-state index in [1.54, 1.807) is 10.9 Å². The van der Waals surface area contributed by atoms with Crippen molar-refractivity contribution >= 4 is 39.0 Å². The first kappa shape index (κ1) is 19.8. The number of aromatic nitrogens is 3. The zero-order valence-corrected chi connectivity index (χ0v) is 18.4. The van der Waals surface area contributed by atoms with Gasteiger partial charge in [-0.3, -0.25) is 14.6 Å². The molecule has 3 N–H and O–H groups in total. The van der Waals surface area contributed by atoms with Crippen molar-refractivity contribution in [1.82, 2.24) is 10.3 Å². The van der Waals surface area contributed by atoms with E-state index in [0.717, 1.165) is 35.2 Å². The van der Waals surface area contributed by atoms with Crippen LogP contribution in [0.15, 0.2) is 16.8 Å². The number of nitrogens with zero attached hydrogens (tertiary/aromatic N) is 3. The van der Waals surface area contributed by atoms with Crippen LogP contribution in [0.4, 0.5) is 11.6 Å². The minimum absolute atomic E-state index is 0.145. The average Bonchev–Trinajstić information content (AvgIpc) is 3.24. The van der Waals surface area contributed by atoms with Crippen LogP contribution in [-0.4, -0.2) is 16.2 Å². The molecule has 1 atom stereocenters. The maximum Gasteiger partial charge on any atom is 0.302 e. The number of hydrogen-bond donors (Lipinski definition) is 2. The molecule has 0 fully saturated rings. The number of amides is 1. The average molecular weight is 415 g/mol. The monoisotopic (exact) mass is 414 g/mol. The van der Waals surface area contributed by atoms with Crippen LogP contribution in [0.3, 0.4) is 0 Å². The summed E-state index contributed by atoms with van der Waals surface area (Å²) in [5.74, 6) is 0.611. The third-order valence-corrected chi connectivity index (χ3v) is 6.88. The molecular weight excluding hydrogens is 386 g/mol. The molecule has 0 saturated heterocycles. The van der Waals surface area contributed by atoms with Gasteiger partial charge < -0.3 is 5.73 Å². The number of thiophene rings is 1. The molecule has 0 spiro atoms. The van der Waals surface area contributed by atoms with Crippen LogP contribution in [0.5, 0.6) is 0 Å².